The number of rotatable bonds is 3. The van der Waals surface area contributed by atoms with Gasteiger partial charge in [0.15, 0.2) is 0 Å². The maximum Gasteiger partial charge on any atom is 0.0584 e. The quantitative estimate of drug-likeness (QED) is 0.818. The van der Waals surface area contributed by atoms with Gasteiger partial charge in [-0.2, -0.15) is 0 Å². The Morgan fingerprint density at radius 2 is 1.68 bits per heavy atom. The Kier molecular flexibility index (Phi) is 4.78. The van der Waals surface area contributed by atoms with Crippen LogP contribution in [0.25, 0.3) is 0 Å². The van der Waals surface area contributed by atoms with E-state index in [0.29, 0.717) is 12.6 Å². The molecule has 2 rings (SSSR count). The van der Waals surface area contributed by atoms with Gasteiger partial charge in [0.2, 0.25) is 0 Å². The van der Waals surface area contributed by atoms with E-state index in [1.807, 2.05) is 30.3 Å². The molecule has 0 saturated carbocycles. The SMILES string of the molecule is Cc1ccccc1C(C)NCC#Cc1ccccc1. The first-order valence-electron chi connectivity index (χ1n) is 6.60. The topological polar surface area (TPSA) is 12.0 Å². The van der Waals surface area contributed by atoms with Gasteiger partial charge in [-0.1, -0.05) is 54.3 Å². The van der Waals surface area contributed by atoms with Crippen LogP contribution >= 0.6 is 0 Å². The maximum absolute atomic E-state index is 3.44. The standard InChI is InChI=1S/C18H19N/c1-15-9-6-7-13-18(15)16(2)19-14-8-12-17-10-4-3-5-11-17/h3-7,9-11,13,16,19H,14H2,1-2H3. The van der Waals surface area contributed by atoms with E-state index in [1.165, 1.54) is 11.1 Å². The van der Waals surface area contributed by atoms with Gasteiger partial charge in [0.25, 0.3) is 0 Å². The lowest BCUT2D eigenvalue weighted by molar-refractivity contribution is 0.620. The zero-order valence-electron chi connectivity index (χ0n) is 11.5. The van der Waals surface area contributed by atoms with Crippen LogP contribution in [0.3, 0.4) is 0 Å². The average Bonchev–Trinajstić information content (AvgIpc) is 2.45. The average molecular weight is 249 g/mol. The van der Waals surface area contributed by atoms with Crippen LogP contribution in [0.2, 0.25) is 0 Å². The van der Waals surface area contributed by atoms with Gasteiger partial charge in [0.1, 0.15) is 0 Å². The van der Waals surface area contributed by atoms with Gasteiger partial charge in [0, 0.05) is 11.6 Å². The minimum absolute atomic E-state index is 0.325. The molecular formula is C18H19N. The summed E-state index contributed by atoms with van der Waals surface area (Å²) in [4.78, 5) is 0. The van der Waals surface area contributed by atoms with E-state index in [1.54, 1.807) is 0 Å². The second-order valence-corrected chi connectivity index (χ2v) is 4.63. The van der Waals surface area contributed by atoms with Crippen LogP contribution in [-0.2, 0) is 0 Å². The van der Waals surface area contributed by atoms with Crippen molar-refractivity contribution in [2.45, 2.75) is 19.9 Å². The molecule has 0 fully saturated rings. The Bertz CT molecular complexity index is 575. The first kappa shape index (κ1) is 13.4. The monoisotopic (exact) mass is 249 g/mol. The summed E-state index contributed by atoms with van der Waals surface area (Å²) >= 11 is 0. The Morgan fingerprint density at radius 3 is 2.42 bits per heavy atom. The molecule has 96 valence electrons. The minimum Gasteiger partial charge on any atom is -0.300 e. The molecule has 0 amide bonds. The molecule has 1 atom stereocenters. The molecule has 0 aromatic heterocycles. The Morgan fingerprint density at radius 1 is 1.00 bits per heavy atom. The smallest absolute Gasteiger partial charge is 0.0584 e. The summed E-state index contributed by atoms with van der Waals surface area (Å²) in [7, 11) is 0. The van der Waals surface area contributed by atoms with Crippen LogP contribution < -0.4 is 5.32 Å². The number of benzene rings is 2. The largest absolute Gasteiger partial charge is 0.300 e. The molecule has 0 aliphatic rings. The van der Waals surface area contributed by atoms with E-state index in [0.717, 1.165) is 5.56 Å². The number of nitrogens with one attached hydrogen (secondary N) is 1. The molecule has 0 radical (unpaired) electrons. The van der Waals surface area contributed by atoms with Gasteiger partial charge >= 0.3 is 0 Å². The van der Waals surface area contributed by atoms with E-state index in [-0.39, 0.29) is 0 Å². The molecule has 0 spiro atoms. The van der Waals surface area contributed by atoms with Gasteiger partial charge < -0.3 is 0 Å². The maximum atomic E-state index is 3.44. The van der Waals surface area contributed by atoms with Gasteiger partial charge in [-0.3, -0.25) is 5.32 Å². The second kappa shape index (κ2) is 6.78. The van der Waals surface area contributed by atoms with Crippen LogP contribution in [0.5, 0.6) is 0 Å². The second-order valence-electron chi connectivity index (χ2n) is 4.63. The highest BCUT2D eigenvalue weighted by atomic mass is 14.9. The van der Waals surface area contributed by atoms with Crippen LogP contribution in [0.15, 0.2) is 54.6 Å². The van der Waals surface area contributed by atoms with E-state index in [2.05, 4.69) is 55.3 Å². The van der Waals surface area contributed by atoms with Crippen molar-refractivity contribution in [2.24, 2.45) is 0 Å². The van der Waals surface area contributed by atoms with Gasteiger partial charge in [0.05, 0.1) is 6.54 Å². The molecule has 0 bridgehead atoms. The molecule has 0 saturated heterocycles. The fourth-order valence-electron chi connectivity index (χ4n) is 2.05. The first-order chi connectivity index (χ1) is 9.27. The van der Waals surface area contributed by atoms with Crippen molar-refractivity contribution in [1.29, 1.82) is 0 Å². The molecule has 0 heterocycles. The summed E-state index contributed by atoms with van der Waals surface area (Å²) in [5.74, 6) is 6.31. The van der Waals surface area contributed by atoms with Gasteiger partial charge in [-0.05, 0) is 37.1 Å². The summed E-state index contributed by atoms with van der Waals surface area (Å²) in [6.45, 7) is 5.01. The van der Waals surface area contributed by atoms with Crippen molar-refractivity contribution < 1.29 is 0 Å². The summed E-state index contributed by atoms with van der Waals surface area (Å²) in [6.07, 6.45) is 0. The molecule has 2 aromatic rings. The predicted octanol–water partition coefficient (Wildman–Crippen LogP) is 3.70. The molecule has 1 unspecified atom stereocenters. The van der Waals surface area contributed by atoms with Crippen LogP contribution in [0.4, 0.5) is 0 Å². The molecule has 0 aliphatic heterocycles. The van der Waals surface area contributed by atoms with Gasteiger partial charge in [-0.25, -0.2) is 0 Å². The Balaban J connectivity index is 1.90. The molecular weight excluding hydrogens is 230 g/mol. The summed E-state index contributed by atoms with van der Waals surface area (Å²) in [5, 5.41) is 3.44. The highest BCUT2D eigenvalue weighted by molar-refractivity contribution is 5.34. The highest BCUT2D eigenvalue weighted by Crippen LogP contribution is 2.15. The Labute approximate surface area is 115 Å². The van der Waals surface area contributed by atoms with Crippen molar-refractivity contribution in [3.63, 3.8) is 0 Å². The van der Waals surface area contributed by atoms with Crippen LogP contribution in [-0.4, -0.2) is 6.54 Å². The van der Waals surface area contributed by atoms with Crippen molar-refractivity contribution in [1.82, 2.24) is 5.32 Å². The zero-order valence-corrected chi connectivity index (χ0v) is 11.5. The third kappa shape index (κ3) is 3.98. The minimum atomic E-state index is 0.325. The number of hydrogen-bond acceptors (Lipinski definition) is 1. The molecule has 1 nitrogen and oxygen atoms in total. The molecule has 1 N–H and O–H groups in total. The van der Waals surface area contributed by atoms with Crippen molar-refractivity contribution in [3.8, 4) is 11.8 Å². The van der Waals surface area contributed by atoms with E-state index in [9.17, 15) is 0 Å². The summed E-state index contributed by atoms with van der Waals surface area (Å²) < 4.78 is 0. The van der Waals surface area contributed by atoms with Gasteiger partial charge in [-0.15, -0.1) is 0 Å². The lowest BCUT2D eigenvalue weighted by Crippen LogP contribution is -2.19. The molecule has 2 aromatic carbocycles. The first-order valence-corrected chi connectivity index (χ1v) is 6.60. The lowest BCUT2D eigenvalue weighted by atomic mass is 10.0. The normalized spacial score (nSPS) is 11.5. The van der Waals surface area contributed by atoms with Crippen molar-refractivity contribution in [2.75, 3.05) is 6.54 Å². The van der Waals surface area contributed by atoms with Crippen LogP contribution in [0, 0.1) is 18.8 Å². The molecule has 0 aliphatic carbocycles. The number of hydrogen-bond donors (Lipinski definition) is 1. The molecule has 19 heavy (non-hydrogen) atoms. The summed E-state index contributed by atoms with van der Waals surface area (Å²) in [6, 6.07) is 18.9. The zero-order chi connectivity index (χ0) is 13.5. The van der Waals surface area contributed by atoms with Crippen molar-refractivity contribution >= 4 is 0 Å². The van der Waals surface area contributed by atoms with Crippen LogP contribution in [0.1, 0.15) is 29.7 Å². The summed E-state index contributed by atoms with van der Waals surface area (Å²) in [5.41, 5.74) is 3.72. The fourth-order valence-corrected chi connectivity index (χ4v) is 2.05. The molecule has 1 heteroatoms. The third-order valence-corrected chi connectivity index (χ3v) is 3.16. The lowest BCUT2D eigenvalue weighted by Gasteiger charge is -2.14. The fraction of sp³-hybridized carbons (Fsp3) is 0.222. The highest BCUT2D eigenvalue weighted by Gasteiger charge is 2.05. The van der Waals surface area contributed by atoms with E-state index >= 15 is 0 Å². The third-order valence-electron chi connectivity index (χ3n) is 3.16. The van der Waals surface area contributed by atoms with E-state index < -0.39 is 0 Å². The Hall–Kier alpha value is -2.04. The number of aryl methyl sites for hydroxylation is 1. The van der Waals surface area contributed by atoms with E-state index in [4.69, 9.17) is 0 Å². The predicted molar refractivity (Wildman–Crippen MR) is 80.9 cm³/mol. The van der Waals surface area contributed by atoms with Crippen molar-refractivity contribution in [3.05, 3.63) is 71.3 Å².